The SMILES string of the molecule is C#C.CC(N)=O.COc1ccc(NC(=O)C(NC(=O)NCc2nc([C@@H](N)CO)no2)C(C)O)cc1OC. The molecular formula is C22H33N7O8. The summed E-state index contributed by atoms with van der Waals surface area (Å²) in [7, 11) is 2.94. The summed E-state index contributed by atoms with van der Waals surface area (Å²) in [5, 5.41) is 29.9. The van der Waals surface area contributed by atoms with Gasteiger partial charge in [0, 0.05) is 18.7 Å². The number of rotatable bonds is 10. The van der Waals surface area contributed by atoms with Crippen molar-refractivity contribution in [3.8, 4) is 24.3 Å². The molecule has 37 heavy (non-hydrogen) atoms. The number of hydrogen-bond donors (Lipinski definition) is 7. The van der Waals surface area contributed by atoms with Crippen LogP contribution >= 0.6 is 0 Å². The summed E-state index contributed by atoms with van der Waals surface area (Å²) in [4.78, 5) is 37.9. The molecule has 204 valence electrons. The number of nitrogens with zero attached hydrogens (tertiary/aromatic N) is 2. The van der Waals surface area contributed by atoms with Gasteiger partial charge in [-0.05, 0) is 19.1 Å². The van der Waals surface area contributed by atoms with Crippen LogP contribution in [0.1, 0.15) is 31.6 Å². The van der Waals surface area contributed by atoms with Crippen LogP contribution in [-0.4, -0.2) is 71.2 Å². The van der Waals surface area contributed by atoms with Crippen LogP contribution in [-0.2, 0) is 16.1 Å². The Kier molecular flexibility index (Phi) is 15.1. The number of benzene rings is 1. The number of carbonyl (C=O) groups excluding carboxylic acids is 3. The molecule has 1 aromatic heterocycles. The lowest BCUT2D eigenvalue weighted by molar-refractivity contribution is -0.120. The first kappa shape index (κ1) is 32.6. The first-order valence-electron chi connectivity index (χ1n) is 10.6. The molecule has 0 aliphatic rings. The van der Waals surface area contributed by atoms with Gasteiger partial charge >= 0.3 is 6.03 Å². The summed E-state index contributed by atoms with van der Waals surface area (Å²) >= 11 is 0. The second kappa shape index (κ2) is 17.1. The van der Waals surface area contributed by atoms with Gasteiger partial charge in [0.05, 0.1) is 39.5 Å². The molecule has 2 rings (SSSR count). The molecule has 4 amide bonds. The van der Waals surface area contributed by atoms with E-state index in [2.05, 4.69) is 44.7 Å². The molecule has 0 saturated heterocycles. The monoisotopic (exact) mass is 523 g/mol. The van der Waals surface area contributed by atoms with Crippen LogP contribution in [0.25, 0.3) is 0 Å². The van der Waals surface area contributed by atoms with Gasteiger partial charge in [0.2, 0.25) is 17.7 Å². The maximum atomic E-state index is 12.6. The van der Waals surface area contributed by atoms with Crippen molar-refractivity contribution < 1.29 is 38.6 Å². The van der Waals surface area contributed by atoms with E-state index >= 15 is 0 Å². The quantitative estimate of drug-likeness (QED) is 0.186. The highest BCUT2D eigenvalue weighted by molar-refractivity contribution is 5.97. The minimum Gasteiger partial charge on any atom is -0.493 e. The molecule has 0 bridgehead atoms. The van der Waals surface area contributed by atoms with Crippen molar-refractivity contribution in [3.63, 3.8) is 0 Å². The second-order valence-corrected chi connectivity index (χ2v) is 7.05. The summed E-state index contributed by atoms with van der Waals surface area (Å²) in [5.41, 5.74) is 10.4. The molecule has 15 nitrogen and oxygen atoms in total. The lowest BCUT2D eigenvalue weighted by Crippen LogP contribution is -2.52. The molecule has 0 fully saturated rings. The topological polar surface area (TPSA) is 237 Å². The molecule has 0 radical (unpaired) electrons. The van der Waals surface area contributed by atoms with Crippen LogP contribution < -0.4 is 36.9 Å². The fraction of sp³-hybridized carbons (Fsp3) is 0.409. The molecule has 1 heterocycles. The number of urea groups is 1. The van der Waals surface area contributed by atoms with Gasteiger partial charge < -0.3 is 51.6 Å². The van der Waals surface area contributed by atoms with E-state index in [4.69, 9.17) is 24.8 Å². The Hall–Kier alpha value is -4.39. The average molecular weight is 524 g/mol. The summed E-state index contributed by atoms with van der Waals surface area (Å²) in [5.74, 6) is 0.0494. The van der Waals surface area contributed by atoms with E-state index in [0.717, 1.165) is 0 Å². The first-order valence-corrected chi connectivity index (χ1v) is 10.6. The van der Waals surface area contributed by atoms with E-state index in [-0.39, 0.29) is 30.8 Å². The van der Waals surface area contributed by atoms with Gasteiger partial charge in [-0.2, -0.15) is 4.98 Å². The largest absolute Gasteiger partial charge is 0.493 e. The maximum Gasteiger partial charge on any atom is 0.315 e. The van der Waals surface area contributed by atoms with Crippen molar-refractivity contribution in [2.75, 3.05) is 26.1 Å². The number of ether oxygens (including phenoxy) is 2. The van der Waals surface area contributed by atoms with Crippen LogP contribution in [0, 0.1) is 12.8 Å². The van der Waals surface area contributed by atoms with Crippen molar-refractivity contribution in [1.29, 1.82) is 0 Å². The summed E-state index contributed by atoms with van der Waals surface area (Å²) < 4.78 is 15.2. The van der Waals surface area contributed by atoms with Crippen LogP contribution in [0.3, 0.4) is 0 Å². The number of nitrogens with one attached hydrogen (secondary N) is 3. The molecule has 15 heteroatoms. The Morgan fingerprint density at radius 3 is 2.30 bits per heavy atom. The third-order valence-electron chi connectivity index (χ3n) is 4.11. The van der Waals surface area contributed by atoms with Crippen LogP contribution in [0.5, 0.6) is 11.5 Å². The van der Waals surface area contributed by atoms with E-state index in [1.165, 1.54) is 28.1 Å². The fourth-order valence-corrected chi connectivity index (χ4v) is 2.46. The van der Waals surface area contributed by atoms with Gasteiger partial charge in [0.25, 0.3) is 0 Å². The normalized spacial score (nSPS) is 12.1. The highest BCUT2D eigenvalue weighted by atomic mass is 16.5. The molecule has 1 aromatic carbocycles. The van der Waals surface area contributed by atoms with Gasteiger partial charge in [-0.3, -0.25) is 9.59 Å². The number of carbonyl (C=O) groups is 3. The molecular weight excluding hydrogens is 490 g/mol. The van der Waals surface area contributed by atoms with E-state index in [1.54, 1.807) is 18.2 Å². The van der Waals surface area contributed by atoms with Crippen LogP contribution in [0.2, 0.25) is 0 Å². The zero-order valence-electron chi connectivity index (χ0n) is 20.9. The average Bonchev–Trinajstić information content (AvgIpc) is 3.35. The Morgan fingerprint density at radius 1 is 1.19 bits per heavy atom. The van der Waals surface area contributed by atoms with Gasteiger partial charge in [0.15, 0.2) is 17.3 Å². The first-order chi connectivity index (χ1) is 17.5. The molecule has 0 aliphatic carbocycles. The highest BCUT2D eigenvalue weighted by Crippen LogP contribution is 2.29. The Labute approximate surface area is 213 Å². The summed E-state index contributed by atoms with van der Waals surface area (Å²) in [6, 6.07) is 1.93. The summed E-state index contributed by atoms with van der Waals surface area (Å²) in [6.07, 6.45) is 6.81. The van der Waals surface area contributed by atoms with Crippen molar-refractivity contribution in [2.45, 2.75) is 38.6 Å². The Morgan fingerprint density at radius 2 is 1.78 bits per heavy atom. The van der Waals surface area contributed by atoms with E-state index in [9.17, 15) is 19.5 Å². The molecule has 2 unspecified atom stereocenters. The number of terminal acetylenes is 1. The van der Waals surface area contributed by atoms with E-state index < -0.39 is 30.1 Å². The predicted molar refractivity (Wildman–Crippen MR) is 132 cm³/mol. The Balaban J connectivity index is 0.00000196. The molecule has 9 N–H and O–H groups in total. The zero-order valence-corrected chi connectivity index (χ0v) is 20.9. The number of aromatic nitrogens is 2. The van der Waals surface area contributed by atoms with Crippen molar-refractivity contribution in [3.05, 3.63) is 29.9 Å². The third kappa shape index (κ3) is 11.7. The third-order valence-corrected chi connectivity index (χ3v) is 4.11. The number of nitrogens with two attached hydrogens (primary N) is 2. The van der Waals surface area contributed by atoms with Gasteiger partial charge in [-0.25, -0.2) is 4.79 Å². The van der Waals surface area contributed by atoms with E-state index in [0.29, 0.717) is 17.2 Å². The lowest BCUT2D eigenvalue weighted by atomic mass is 10.1. The number of anilines is 1. The van der Waals surface area contributed by atoms with E-state index in [1.807, 2.05) is 0 Å². The second-order valence-electron chi connectivity index (χ2n) is 7.05. The number of methoxy groups -OCH3 is 2. The molecule has 0 aliphatic heterocycles. The number of primary amides is 1. The number of hydrogen-bond acceptors (Lipinski definition) is 11. The van der Waals surface area contributed by atoms with Crippen molar-refractivity contribution in [1.82, 2.24) is 20.8 Å². The Bertz CT molecular complexity index is 1020. The van der Waals surface area contributed by atoms with Gasteiger partial charge in [-0.1, -0.05) is 5.16 Å². The van der Waals surface area contributed by atoms with Crippen molar-refractivity contribution in [2.24, 2.45) is 11.5 Å². The zero-order chi connectivity index (χ0) is 28.5. The van der Waals surface area contributed by atoms with Crippen LogP contribution in [0.15, 0.2) is 22.7 Å². The van der Waals surface area contributed by atoms with Gasteiger partial charge in [-0.15, -0.1) is 12.8 Å². The fourth-order valence-electron chi connectivity index (χ4n) is 2.46. The molecule has 0 spiro atoms. The smallest absolute Gasteiger partial charge is 0.315 e. The molecule has 3 atom stereocenters. The van der Waals surface area contributed by atoms with Crippen molar-refractivity contribution >= 4 is 23.5 Å². The maximum absolute atomic E-state index is 12.6. The van der Waals surface area contributed by atoms with Crippen LogP contribution in [0.4, 0.5) is 10.5 Å². The molecule has 2 aromatic rings. The van der Waals surface area contributed by atoms with Gasteiger partial charge in [0.1, 0.15) is 6.04 Å². The predicted octanol–water partition coefficient (Wildman–Crippen LogP) is -0.993. The lowest BCUT2D eigenvalue weighted by Gasteiger charge is -2.21. The summed E-state index contributed by atoms with van der Waals surface area (Å²) in [6.45, 7) is 2.15. The number of aliphatic hydroxyl groups is 2. The molecule has 0 saturated carbocycles. The number of aliphatic hydroxyl groups excluding tert-OH is 2. The standard InChI is InChI=1S/C18H26N6O7.C2H5NO.C2H2/c1-9(26)15(17(27)21-10-4-5-12(29-2)13(6-10)30-3)23-18(28)20-7-14-22-16(24-31-14)11(19)8-25;1-2(3)4;1-2/h4-6,9,11,15,25-26H,7-8,19H2,1-3H3,(H,21,27)(H2,20,23,28);1H3,(H2,3,4);1-2H/t9?,11-,15?;;/m0../s1. The minimum absolute atomic E-state index is 0.0532. The highest BCUT2D eigenvalue weighted by Gasteiger charge is 2.26. The minimum atomic E-state index is -1.26. The number of amides is 4.